The highest BCUT2D eigenvalue weighted by atomic mass is 79.9. The van der Waals surface area contributed by atoms with E-state index in [0.29, 0.717) is 10.9 Å². The van der Waals surface area contributed by atoms with E-state index in [2.05, 4.69) is 53.9 Å². The second-order valence-corrected chi connectivity index (χ2v) is 8.32. The zero-order valence-electron chi connectivity index (χ0n) is 8.01. The maximum absolute atomic E-state index is 5.78. The van der Waals surface area contributed by atoms with Gasteiger partial charge < -0.3 is 4.74 Å². The number of thiophene rings is 1. The van der Waals surface area contributed by atoms with Crippen LogP contribution in [0.4, 0.5) is 0 Å². The number of hydrogen-bond donors (Lipinski definition) is 0. The Kier molecular flexibility index (Phi) is 4.71. The molecule has 0 saturated carbocycles. The van der Waals surface area contributed by atoms with E-state index in [9.17, 15) is 0 Å². The fourth-order valence-electron chi connectivity index (χ4n) is 1.74. The van der Waals surface area contributed by atoms with Gasteiger partial charge in [-0.1, -0.05) is 15.9 Å². The van der Waals surface area contributed by atoms with Gasteiger partial charge in [-0.15, -0.1) is 11.3 Å². The Hall–Kier alpha value is 1.10. The highest BCUT2D eigenvalue weighted by Gasteiger charge is 2.26. The second-order valence-electron chi connectivity index (χ2n) is 3.59. The lowest BCUT2D eigenvalue weighted by Crippen LogP contribution is -2.23. The van der Waals surface area contributed by atoms with Crippen molar-refractivity contribution in [3.8, 4) is 0 Å². The van der Waals surface area contributed by atoms with Crippen molar-refractivity contribution in [3.05, 3.63) is 19.2 Å². The van der Waals surface area contributed by atoms with Crippen LogP contribution < -0.4 is 0 Å². The lowest BCUT2D eigenvalue weighted by molar-refractivity contribution is 0.0160. The van der Waals surface area contributed by atoms with Crippen LogP contribution in [0.15, 0.2) is 13.6 Å². The molecule has 1 aliphatic rings. The van der Waals surface area contributed by atoms with Gasteiger partial charge in [0.25, 0.3) is 0 Å². The Bertz CT molecular complexity index is 333. The van der Waals surface area contributed by atoms with Gasteiger partial charge in [-0.25, -0.2) is 0 Å². The normalized spacial score (nSPS) is 24.1. The van der Waals surface area contributed by atoms with Crippen molar-refractivity contribution in [2.24, 2.45) is 0 Å². The van der Waals surface area contributed by atoms with Crippen molar-refractivity contribution in [2.45, 2.75) is 30.2 Å². The van der Waals surface area contributed by atoms with Crippen LogP contribution in [0.25, 0.3) is 0 Å². The van der Waals surface area contributed by atoms with E-state index >= 15 is 0 Å². The molecule has 84 valence electrons. The fraction of sp³-hybridized carbons (Fsp3) is 0.600. The average Bonchev–Trinajstić information content (AvgIpc) is 2.58. The van der Waals surface area contributed by atoms with Crippen LogP contribution in [-0.4, -0.2) is 12.7 Å². The van der Waals surface area contributed by atoms with Gasteiger partial charge in [-0.2, -0.15) is 0 Å². The molecular weight excluding hydrogens is 408 g/mol. The second kappa shape index (κ2) is 5.63. The highest BCUT2D eigenvalue weighted by molar-refractivity contribution is 9.12. The molecule has 0 radical (unpaired) electrons. The summed E-state index contributed by atoms with van der Waals surface area (Å²) in [6.45, 7) is 0.899. The molecule has 1 aromatic rings. The summed E-state index contributed by atoms with van der Waals surface area (Å²) in [5.41, 5.74) is 1.29. The lowest BCUT2D eigenvalue weighted by atomic mass is 10.0. The molecule has 0 bridgehead atoms. The maximum Gasteiger partial charge on any atom is 0.0754 e. The molecule has 15 heavy (non-hydrogen) atoms. The standard InChI is InChI=1S/C10H11Br3OS/c11-8-5-6(10(13)15-8)9(12)7-3-1-2-4-14-7/h5,7,9H,1-4H2. The van der Waals surface area contributed by atoms with E-state index < -0.39 is 0 Å². The van der Waals surface area contributed by atoms with Crippen molar-refractivity contribution < 1.29 is 4.74 Å². The van der Waals surface area contributed by atoms with E-state index in [0.717, 1.165) is 16.8 Å². The molecule has 0 aromatic carbocycles. The van der Waals surface area contributed by atoms with E-state index in [1.54, 1.807) is 11.3 Å². The summed E-state index contributed by atoms with van der Waals surface area (Å²) in [4.78, 5) is 0.301. The molecule has 1 nitrogen and oxygen atoms in total. The van der Waals surface area contributed by atoms with Crippen LogP contribution in [0.3, 0.4) is 0 Å². The first-order valence-electron chi connectivity index (χ1n) is 4.89. The molecule has 1 aromatic heterocycles. The van der Waals surface area contributed by atoms with Gasteiger partial charge in [0.05, 0.1) is 18.5 Å². The first kappa shape index (κ1) is 12.6. The molecule has 0 amide bonds. The summed E-state index contributed by atoms with van der Waals surface area (Å²) in [6, 6.07) is 2.16. The van der Waals surface area contributed by atoms with Gasteiger partial charge in [-0.05, 0) is 62.8 Å². The topological polar surface area (TPSA) is 9.23 Å². The predicted octanol–water partition coefficient (Wildman–Crippen LogP) is 5.28. The van der Waals surface area contributed by atoms with Gasteiger partial charge in [0.15, 0.2) is 0 Å². The Morgan fingerprint density at radius 2 is 2.20 bits per heavy atom. The van der Waals surface area contributed by atoms with Crippen LogP contribution in [0.1, 0.15) is 29.7 Å². The number of ether oxygens (including phenoxy) is 1. The Labute approximate surface area is 119 Å². The lowest BCUT2D eigenvalue weighted by Gasteiger charge is -2.26. The molecule has 0 aliphatic carbocycles. The van der Waals surface area contributed by atoms with Crippen LogP contribution in [0.2, 0.25) is 0 Å². The Balaban J connectivity index is 2.12. The molecule has 1 fully saturated rings. The predicted molar refractivity (Wildman–Crippen MR) is 75.0 cm³/mol. The first-order chi connectivity index (χ1) is 7.18. The van der Waals surface area contributed by atoms with Crippen LogP contribution in [0, 0.1) is 0 Å². The number of halogens is 3. The summed E-state index contributed by atoms with van der Waals surface area (Å²) >= 11 is 12.5. The number of hydrogen-bond acceptors (Lipinski definition) is 2. The molecule has 0 spiro atoms. The zero-order chi connectivity index (χ0) is 10.8. The van der Waals surface area contributed by atoms with Gasteiger partial charge in [0.1, 0.15) is 0 Å². The third kappa shape index (κ3) is 3.06. The molecule has 2 heterocycles. The summed E-state index contributed by atoms with van der Waals surface area (Å²) in [5, 5.41) is 0. The maximum atomic E-state index is 5.78. The number of rotatable bonds is 2. The smallest absolute Gasteiger partial charge is 0.0754 e. The van der Waals surface area contributed by atoms with Crippen molar-refractivity contribution in [2.75, 3.05) is 6.61 Å². The summed E-state index contributed by atoms with van der Waals surface area (Å²) in [7, 11) is 0. The Morgan fingerprint density at radius 3 is 2.73 bits per heavy atom. The molecule has 2 atom stereocenters. The molecular formula is C10H11Br3OS. The summed E-state index contributed by atoms with van der Waals surface area (Å²) < 4.78 is 8.12. The van der Waals surface area contributed by atoms with Crippen LogP contribution >= 0.6 is 59.1 Å². The average molecular weight is 419 g/mol. The minimum atomic E-state index is 0.301. The molecule has 1 saturated heterocycles. The summed E-state index contributed by atoms with van der Waals surface area (Å²) in [6.07, 6.45) is 3.94. The van der Waals surface area contributed by atoms with Crippen LogP contribution in [0.5, 0.6) is 0 Å². The fourth-order valence-corrected chi connectivity index (χ4v) is 5.90. The zero-order valence-corrected chi connectivity index (χ0v) is 13.6. The van der Waals surface area contributed by atoms with Gasteiger partial charge in [0.2, 0.25) is 0 Å². The van der Waals surface area contributed by atoms with Gasteiger partial charge in [-0.3, -0.25) is 0 Å². The molecule has 5 heteroatoms. The van der Waals surface area contributed by atoms with Crippen molar-refractivity contribution in [1.82, 2.24) is 0 Å². The van der Waals surface area contributed by atoms with Crippen molar-refractivity contribution in [1.29, 1.82) is 0 Å². The van der Waals surface area contributed by atoms with Crippen LogP contribution in [-0.2, 0) is 4.74 Å². The minimum absolute atomic E-state index is 0.301. The Morgan fingerprint density at radius 1 is 1.40 bits per heavy atom. The third-order valence-electron chi connectivity index (χ3n) is 2.52. The van der Waals surface area contributed by atoms with Gasteiger partial charge in [0, 0.05) is 6.61 Å². The molecule has 0 N–H and O–H groups in total. The van der Waals surface area contributed by atoms with E-state index in [1.807, 2.05) is 0 Å². The largest absolute Gasteiger partial charge is 0.377 e. The first-order valence-corrected chi connectivity index (χ1v) is 8.20. The highest BCUT2D eigenvalue weighted by Crippen LogP contribution is 2.42. The third-order valence-corrected chi connectivity index (χ3v) is 5.99. The minimum Gasteiger partial charge on any atom is -0.377 e. The summed E-state index contributed by atoms with van der Waals surface area (Å²) in [5.74, 6) is 0. The van der Waals surface area contributed by atoms with Crippen molar-refractivity contribution in [3.63, 3.8) is 0 Å². The molecule has 2 rings (SSSR count). The number of alkyl halides is 1. The SMILES string of the molecule is Brc1cc(C(Br)C2CCCCO2)c(Br)s1. The van der Waals surface area contributed by atoms with E-state index in [-0.39, 0.29) is 0 Å². The van der Waals surface area contributed by atoms with Crippen molar-refractivity contribution >= 4 is 59.1 Å². The van der Waals surface area contributed by atoms with E-state index in [4.69, 9.17) is 4.74 Å². The van der Waals surface area contributed by atoms with Gasteiger partial charge >= 0.3 is 0 Å². The van der Waals surface area contributed by atoms with E-state index in [1.165, 1.54) is 22.2 Å². The molecule has 1 aliphatic heterocycles. The monoisotopic (exact) mass is 416 g/mol. The quantitative estimate of drug-likeness (QED) is 0.594. The molecule has 2 unspecified atom stereocenters.